The molecule has 4 heteroatoms. The van der Waals surface area contributed by atoms with Gasteiger partial charge in [0.25, 0.3) is 6.71 Å². The van der Waals surface area contributed by atoms with Gasteiger partial charge < -0.3 is 14.2 Å². The van der Waals surface area contributed by atoms with Crippen molar-refractivity contribution in [3.8, 4) is 11.1 Å². The van der Waals surface area contributed by atoms with Crippen molar-refractivity contribution in [3.63, 3.8) is 0 Å². The molecule has 0 unspecified atom stereocenters. The molecule has 4 aliphatic rings. The maximum atomic E-state index is 6.93. The Labute approximate surface area is 373 Å². The summed E-state index contributed by atoms with van der Waals surface area (Å²) in [5.74, 6) is 0. The lowest BCUT2D eigenvalue weighted by atomic mass is 9.33. The van der Waals surface area contributed by atoms with Gasteiger partial charge in [0.15, 0.2) is 5.58 Å². The molecule has 0 spiro atoms. The highest BCUT2D eigenvalue weighted by Gasteiger charge is 2.49. The van der Waals surface area contributed by atoms with Crippen LogP contribution in [0, 0.1) is 13.8 Å². The van der Waals surface area contributed by atoms with Gasteiger partial charge in [-0.2, -0.15) is 0 Å². The first kappa shape index (κ1) is 38.7. The molecular formula is C59H57BN2O. The summed E-state index contributed by atoms with van der Waals surface area (Å²) in [6.45, 7) is 24.2. The molecule has 0 atom stereocenters. The predicted molar refractivity (Wildman–Crippen MR) is 269 cm³/mol. The molecule has 0 N–H and O–H groups in total. The van der Waals surface area contributed by atoms with E-state index in [9.17, 15) is 0 Å². The summed E-state index contributed by atoms with van der Waals surface area (Å²) in [6, 6.07) is 48.7. The van der Waals surface area contributed by atoms with E-state index >= 15 is 0 Å². The third-order valence-electron chi connectivity index (χ3n) is 15.8. The van der Waals surface area contributed by atoms with Gasteiger partial charge in [-0.1, -0.05) is 140 Å². The zero-order valence-corrected chi connectivity index (χ0v) is 38.6. The number of furan rings is 1. The number of benzene rings is 7. The van der Waals surface area contributed by atoms with E-state index in [1.807, 2.05) is 0 Å². The van der Waals surface area contributed by atoms with Crippen molar-refractivity contribution < 1.29 is 4.42 Å². The quantitative estimate of drug-likeness (QED) is 0.166. The number of hydrogen-bond donors (Lipinski definition) is 0. The largest absolute Gasteiger partial charge is 0.454 e. The van der Waals surface area contributed by atoms with E-state index in [0.717, 1.165) is 34.0 Å². The second-order valence-corrected chi connectivity index (χ2v) is 22.1. The molecule has 3 nitrogen and oxygen atoms in total. The second kappa shape index (κ2) is 12.8. The Balaban J connectivity index is 1.21. The number of hydrogen-bond acceptors (Lipinski definition) is 3. The van der Waals surface area contributed by atoms with Crippen molar-refractivity contribution >= 4 is 79.2 Å². The molecule has 63 heavy (non-hydrogen) atoms. The molecule has 0 saturated carbocycles. The fraction of sp³-hybridized carbons (Fsp3) is 0.288. The van der Waals surface area contributed by atoms with Crippen LogP contribution in [0.5, 0.6) is 0 Å². The molecule has 0 radical (unpaired) electrons. The Morgan fingerprint density at radius 3 is 1.78 bits per heavy atom. The molecule has 312 valence electrons. The monoisotopic (exact) mass is 820 g/mol. The van der Waals surface area contributed by atoms with E-state index in [1.165, 1.54) is 102 Å². The van der Waals surface area contributed by atoms with Gasteiger partial charge in [-0.25, -0.2) is 0 Å². The van der Waals surface area contributed by atoms with Crippen molar-refractivity contribution in [2.45, 2.75) is 110 Å². The number of rotatable bonds is 3. The topological polar surface area (TPSA) is 19.6 Å². The SMILES string of the molecule is Cc1cc2c3c(c1)N(c1cccc4c1oc1ccccc14)c1cc4c(cc1B3c1cc(-c3ccccc3)ccc1N2c1cc2c(cc1C)C(C)(C)CCC2(C)C)C(C)(C)CC4(C)C. The van der Waals surface area contributed by atoms with Gasteiger partial charge in [-0.15, -0.1) is 0 Å². The molecule has 2 aliphatic heterocycles. The van der Waals surface area contributed by atoms with Crippen molar-refractivity contribution in [2.24, 2.45) is 0 Å². The van der Waals surface area contributed by atoms with Gasteiger partial charge >= 0.3 is 0 Å². The average Bonchev–Trinajstić information content (AvgIpc) is 3.72. The highest BCUT2D eigenvalue weighted by Crippen LogP contribution is 2.55. The van der Waals surface area contributed by atoms with E-state index in [4.69, 9.17) is 4.42 Å². The highest BCUT2D eigenvalue weighted by atomic mass is 16.3. The molecule has 1 aromatic heterocycles. The zero-order chi connectivity index (χ0) is 43.5. The fourth-order valence-electron chi connectivity index (χ4n) is 12.8. The third kappa shape index (κ3) is 5.46. The summed E-state index contributed by atoms with van der Waals surface area (Å²) in [7, 11) is 0. The zero-order valence-electron chi connectivity index (χ0n) is 38.6. The Morgan fingerprint density at radius 1 is 0.460 bits per heavy atom. The van der Waals surface area contributed by atoms with Crippen LogP contribution in [0.4, 0.5) is 34.1 Å². The van der Waals surface area contributed by atoms with Crippen molar-refractivity contribution in [2.75, 3.05) is 9.80 Å². The average molecular weight is 821 g/mol. The van der Waals surface area contributed by atoms with Crippen LogP contribution in [0.3, 0.4) is 0 Å². The molecule has 8 aromatic rings. The first-order valence-electron chi connectivity index (χ1n) is 23.2. The number of nitrogens with zero attached hydrogens (tertiary/aromatic N) is 2. The summed E-state index contributed by atoms with van der Waals surface area (Å²) in [4.78, 5) is 5.23. The minimum atomic E-state index is 0.00441. The van der Waals surface area contributed by atoms with Crippen LogP contribution >= 0.6 is 0 Å². The Bertz CT molecular complexity index is 3260. The lowest BCUT2D eigenvalue weighted by Crippen LogP contribution is -2.61. The van der Waals surface area contributed by atoms with Gasteiger partial charge in [-0.3, -0.25) is 0 Å². The third-order valence-corrected chi connectivity index (χ3v) is 15.8. The van der Waals surface area contributed by atoms with Crippen LogP contribution < -0.4 is 26.2 Å². The smallest absolute Gasteiger partial charge is 0.252 e. The first-order valence-corrected chi connectivity index (χ1v) is 23.2. The molecule has 2 aliphatic carbocycles. The molecular weight excluding hydrogens is 763 g/mol. The van der Waals surface area contributed by atoms with Crippen LogP contribution in [-0.2, 0) is 21.7 Å². The number of fused-ring (bicyclic) bond motifs is 9. The maximum Gasteiger partial charge on any atom is 0.252 e. The molecule has 0 fully saturated rings. The van der Waals surface area contributed by atoms with E-state index in [2.05, 4.69) is 206 Å². The molecule has 12 rings (SSSR count). The fourth-order valence-corrected chi connectivity index (χ4v) is 12.8. The van der Waals surface area contributed by atoms with Crippen molar-refractivity contribution in [1.29, 1.82) is 0 Å². The summed E-state index contributed by atoms with van der Waals surface area (Å²) in [6.07, 6.45) is 3.47. The van der Waals surface area contributed by atoms with E-state index in [0.29, 0.717) is 0 Å². The molecule has 0 saturated heterocycles. The van der Waals surface area contributed by atoms with Gasteiger partial charge in [0.2, 0.25) is 0 Å². The normalized spacial score (nSPS) is 18.2. The van der Waals surface area contributed by atoms with Gasteiger partial charge in [0.1, 0.15) is 5.58 Å². The highest BCUT2D eigenvalue weighted by molar-refractivity contribution is 7.00. The Kier molecular flexibility index (Phi) is 7.86. The summed E-state index contributed by atoms with van der Waals surface area (Å²) >= 11 is 0. The van der Waals surface area contributed by atoms with Crippen LogP contribution in [0.1, 0.15) is 108 Å². The molecule has 3 heterocycles. The van der Waals surface area contributed by atoms with Crippen molar-refractivity contribution in [1.82, 2.24) is 0 Å². The van der Waals surface area contributed by atoms with E-state index in [1.54, 1.807) is 0 Å². The minimum absolute atomic E-state index is 0.00441. The second-order valence-electron chi connectivity index (χ2n) is 22.1. The van der Waals surface area contributed by atoms with Crippen LogP contribution in [0.15, 0.2) is 132 Å². The molecule has 7 aromatic carbocycles. The Hall–Kier alpha value is -6.00. The predicted octanol–water partition coefficient (Wildman–Crippen LogP) is 14.3. The van der Waals surface area contributed by atoms with E-state index < -0.39 is 0 Å². The lowest BCUT2D eigenvalue weighted by Gasteiger charge is -2.46. The summed E-state index contributed by atoms with van der Waals surface area (Å²) in [5.41, 5.74) is 24.4. The lowest BCUT2D eigenvalue weighted by molar-refractivity contribution is 0.332. The number of para-hydroxylation sites is 2. The van der Waals surface area contributed by atoms with Crippen molar-refractivity contribution in [3.05, 3.63) is 161 Å². The van der Waals surface area contributed by atoms with Gasteiger partial charge in [0, 0.05) is 39.2 Å². The minimum Gasteiger partial charge on any atom is -0.454 e. The first-order chi connectivity index (χ1) is 30.0. The number of aryl methyl sites for hydroxylation is 2. The summed E-state index contributed by atoms with van der Waals surface area (Å²) < 4.78 is 6.93. The maximum absolute atomic E-state index is 6.93. The Morgan fingerprint density at radius 2 is 1.05 bits per heavy atom. The molecule has 0 amide bonds. The van der Waals surface area contributed by atoms with Crippen LogP contribution in [0.2, 0.25) is 0 Å². The molecule has 0 bridgehead atoms. The standard InChI is InChI=1S/C59H57BN2O/c1-35-27-51-54-52(28-35)62(48-21-16-20-40-39-19-14-15-22-53(39)63-55(40)48)50-33-44-42(58(7,8)34-59(44,9)10)31-46(50)60(54)45-30-38(37-17-12-11-13-18-37)23-24-47(45)61(51)49-32-43-41(29-36(49)2)56(3,4)25-26-57(43,5)6/h11-24,27-33H,25-26,34H2,1-10H3. The van der Waals surface area contributed by atoms with Crippen LogP contribution in [0.25, 0.3) is 33.1 Å². The van der Waals surface area contributed by atoms with Crippen LogP contribution in [-0.4, -0.2) is 6.71 Å². The van der Waals surface area contributed by atoms with E-state index in [-0.39, 0.29) is 28.4 Å². The van der Waals surface area contributed by atoms with Gasteiger partial charge in [-0.05, 0) is 158 Å². The number of anilines is 6. The summed E-state index contributed by atoms with van der Waals surface area (Å²) in [5, 5.41) is 2.29. The van der Waals surface area contributed by atoms with Gasteiger partial charge in [0.05, 0.1) is 5.69 Å².